The van der Waals surface area contributed by atoms with Crippen LogP contribution in [0.2, 0.25) is 5.15 Å². The number of hydrogen-bond donors (Lipinski definition) is 1. The highest BCUT2D eigenvalue weighted by Crippen LogP contribution is 2.05. The molecule has 0 saturated heterocycles. The van der Waals surface area contributed by atoms with E-state index in [1.165, 1.54) is 4.57 Å². The lowest BCUT2D eigenvalue weighted by atomic mass is 10.2. The standard InChI is InChI=1S/C13H22ClN3O2/c1-4-7-16(6-3)8-9-17-12(18)10(5-2)11(14)15-13(17)19/h4-9H2,1-3H3,(H,15,19). The molecule has 0 aromatic carbocycles. The number of rotatable bonds is 7. The van der Waals surface area contributed by atoms with Crippen molar-refractivity contribution in [1.29, 1.82) is 0 Å². The third-order valence-electron chi connectivity index (χ3n) is 3.21. The van der Waals surface area contributed by atoms with Crippen LogP contribution in [0.5, 0.6) is 0 Å². The second kappa shape index (κ2) is 7.50. The van der Waals surface area contributed by atoms with E-state index in [0.717, 1.165) is 19.5 Å². The molecule has 0 spiro atoms. The van der Waals surface area contributed by atoms with Gasteiger partial charge < -0.3 is 4.90 Å². The Morgan fingerprint density at radius 2 is 1.89 bits per heavy atom. The van der Waals surface area contributed by atoms with Crippen LogP contribution in [0.1, 0.15) is 32.8 Å². The summed E-state index contributed by atoms with van der Waals surface area (Å²) in [7, 11) is 0. The molecule has 0 atom stereocenters. The van der Waals surface area contributed by atoms with Crippen LogP contribution in [0.15, 0.2) is 9.59 Å². The first-order valence-electron chi connectivity index (χ1n) is 6.78. The summed E-state index contributed by atoms with van der Waals surface area (Å²) in [5.41, 5.74) is -0.233. The second-order valence-corrected chi connectivity index (χ2v) is 4.85. The molecule has 6 heteroatoms. The second-order valence-electron chi connectivity index (χ2n) is 4.47. The average molecular weight is 288 g/mol. The fraction of sp³-hybridized carbons (Fsp3) is 0.692. The highest BCUT2D eigenvalue weighted by atomic mass is 35.5. The van der Waals surface area contributed by atoms with E-state index in [1.807, 2.05) is 6.92 Å². The Balaban J connectivity index is 2.96. The summed E-state index contributed by atoms with van der Waals surface area (Å²) in [5, 5.41) is 0.162. The van der Waals surface area contributed by atoms with Gasteiger partial charge in [-0.2, -0.15) is 0 Å². The Hall–Kier alpha value is -1.07. The Kier molecular flexibility index (Phi) is 6.31. The lowest BCUT2D eigenvalue weighted by Crippen LogP contribution is -2.40. The molecule has 5 nitrogen and oxygen atoms in total. The summed E-state index contributed by atoms with van der Waals surface area (Å²) in [4.78, 5) is 28.7. The number of hydrogen-bond acceptors (Lipinski definition) is 3. The number of aromatic amines is 1. The molecule has 0 unspecified atom stereocenters. The Bertz CT molecular complexity index is 522. The molecule has 1 N–H and O–H groups in total. The van der Waals surface area contributed by atoms with Crippen molar-refractivity contribution in [3.63, 3.8) is 0 Å². The van der Waals surface area contributed by atoms with Crippen molar-refractivity contribution >= 4 is 11.6 Å². The Morgan fingerprint density at radius 1 is 1.21 bits per heavy atom. The molecule has 0 saturated carbocycles. The summed E-state index contributed by atoms with van der Waals surface area (Å²) in [6.45, 7) is 9.00. The van der Waals surface area contributed by atoms with Gasteiger partial charge in [0.25, 0.3) is 5.56 Å². The normalized spacial score (nSPS) is 11.2. The molecule has 1 rings (SSSR count). The highest BCUT2D eigenvalue weighted by molar-refractivity contribution is 6.30. The summed E-state index contributed by atoms with van der Waals surface area (Å²) >= 11 is 5.87. The number of likely N-dealkylation sites (N-methyl/N-ethyl adjacent to an activating group) is 1. The van der Waals surface area contributed by atoms with E-state index >= 15 is 0 Å². The van der Waals surface area contributed by atoms with E-state index in [2.05, 4.69) is 23.7 Å². The summed E-state index contributed by atoms with van der Waals surface area (Å²) < 4.78 is 1.24. The number of nitrogens with zero attached hydrogens (tertiary/aromatic N) is 2. The zero-order chi connectivity index (χ0) is 14.4. The van der Waals surface area contributed by atoms with Gasteiger partial charge in [-0.3, -0.25) is 14.3 Å². The van der Waals surface area contributed by atoms with Gasteiger partial charge in [0.15, 0.2) is 0 Å². The molecule has 1 heterocycles. The van der Waals surface area contributed by atoms with Crippen molar-refractivity contribution < 1.29 is 0 Å². The molecular weight excluding hydrogens is 266 g/mol. The van der Waals surface area contributed by atoms with Gasteiger partial charge in [0.1, 0.15) is 5.15 Å². The molecule has 0 amide bonds. The first-order valence-corrected chi connectivity index (χ1v) is 7.16. The topological polar surface area (TPSA) is 58.1 Å². The number of halogens is 1. The van der Waals surface area contributed by atoms with E-state index in [0.29, 0.717) is 25.1 Å². The third kappa shape index (κ3) is 3.94. The fourth-order valence-corrected chi connectivity index (χ4v) is 2.38. The smallest absolute Gasteiger partial charge is 0.302 e. The molecule has 0 bridgehead atoms. The lowest BCUT2D eigenvalue weighted by Gasteiger charge is -2.19. The Labute approximate surface area is 118 Å². The number of aromatic nitrogens is 2. The maximum atomic E-state index is 12.1. The van der Waals surface area contributed by atoms with Gasteiger partial charge in [-0.1, -0.05) is 32.4 Å². The molecule has 19 heavy (non-hydrogen) atoms. The van der Waals surface area contributed by atoms with Crippen LogP contribution in [-0.4, -0.2) is 34.1 Å². The van der Waals surface area contributed by atoms with Crippen LogP contribution in [0.4, 0.5) is 0 Å². The van der Waals surface area contributed by atoms with Crippen LogP contribution in [0.25, 0.3) is 0 Å². The predicted molar refractivity (Wildman–Crippen MR) is 78.1 cm³/mol. The highest BCUT2D eigenvalue weighted by Gasteiger charge is 2.11. The first-order chi connectivity index (χ1) is 9.04. The zero-order valence-electron chi connectivity index (χ0n) is 11.8. The maximum absolute atomic E-state index is 12.1. The molecule has 1 aromatic heterocycles. The quantitative estimate of drug-likeness (QED) is 0.773. The fourth-order valence-electron chi connectivity index (χ4n) is 2.08. The van der Waals surface area contributed by atoms with Crippen molar-refractivity contribution in [3.8, 4) is 0 Å². The molecule has 0 aliphatic carbocycles. The van der Waals surface area contributed by atoms with Crippen molar-refractivity contribution in [1.82, 2.24) is 14.5 Å². The van der Waals surface area contributed by atoms with Crippen LogP contribution in [0.3, 0.4) is 0 Å². The largest absolute Gasteiger partial charge is 0.329 e. The first kappa shape index (κ1) is 16.0. The average Bonchev–Trinajstić information content (AvgIpc) is 2.37. The van der Waals surface area contributed by atoms with Crippen molar-refractivity contribution in [2.45, 2.75) is 40.2 Å². The van der Waals surface area contributed by atoms with Gasteiger partial charge in [-0.25, -0.2) is 4.79 Å². The minimum absolute atomic E-state index is 0.162. The van der Waals surface area contributed by atoms with E-state index in [1.54, 1.807) is 0 Å². The molecule has 0 fully saturated rings. The van der Waals surface area contributed by atoms with Crippen molar-refractivity contribution in [2.75, 3.05) is 19.6 Å². The number of H-pyrrole nitrogens is 1. The van der Waals surface area contributed by atoms with Gasteiger partial charge in [-0.05, 0) is 25.9 Å². The summed E-state index contributed by atoms with van der Waals surface area (Å²) in [6, 6.07) is 0. The SMILES string of the molecule is CCCN(CC)CCn1c(=O)[nH]c(Cl)c(CC)c1=O. The van der Waals surface area contributed by atoms with E-state index < -0.39 is 5.69 Å². The third-order valence-corrected chi connectivity index (χ3v) is 3.53. The molecule has 108 valence electrons. The minimum atomic E-state index is -0.431. The molecule has 0 radical (unpaired) electrons. The van der Waals surface area contributed by atoms with E-state index in [4.69, 9.17) is 11.6 Å². The van der Waals surface area contributed by atoms with Crippen LogP contribution >= 0.6 is 11.6 Å². The van der Waals surface area contributed by atoms with Crippen LogP contribution < -0.4 is 11.2 Å². The Morgan fingerprint density at radius 3 is 2.42 bits per heavy atom. The van der Waals surface area contributed by atoms with Gasteiger partial charge in [-0.15, -0.1) is 0 Å². The van der Waals surface area contributed by atoms with Crippen molar-refractivity contribution in [2.24, 2.45) is 0 Å². The molecular formula is C13H22ClN3O2. The van der Waals surface area contributed by atoms with E-state index in [9.17, 15) is 9.59 Å². The molecule has 0 aliphatic heterocycles. The zero-order valence-corrected chi connectivity index (χ0v) is 12.6. The summed E-state index contributed by atoms with van der Waals surface area (Å²) in [6.07, 6.45) is 1.57. The van der Waals surface area contributed by atoms with Gasteiger partial charge >= 0.3 is 5.69 Å². The van der Waals surface area contributed by atoms with Crippen LogP contribution in [-0.2, 0) is 13.0 Å². The molecule has 0 aliphatic rings. The van der Waals surface area contributed by atoms with E-state index in [-0.39, 0.29) is 10.7 Å². The minimum Gasteiger partial charge on any atom is -0.302 e. The van der Waals surface area contributed by atoms with Gasteiger partial charge in [0, 0.05) is 13.1 Å². The summed E-state index contributed by atoms with van der Waals surface area (Å²) in [5.74, 6) is 0. The monoisotopic (exact) mass is 287 g/mol. The van der Waals surface area contributed by atoms with Crippen LogP contribution in [0, 0.1) is 0 Å². The number of nitrogens with one attached hydrogen (secondary N) is 1. The molecule has 1 aromatic rings. The maximum Gasteiger partial charge on any atom is 0.329 e. The van der Waals surface area contributed by atoms with Gasteiger partial charge in [0.05, 0.1) is 5.56 Å². The predicted octanol–water partition coefficient (Wildman–Crippen LogP) is 1.48. The van der Waals surface area contributed by atoms with Crippen molar-refractivity contribution in [3.05, 3.63) is 31.6 Å². The lowest BCUT2D eigenvalue weighted by molar-refractivity contribution is 0.273. The van der Waals surface area contributed by atoms with Gasteiger partial charge in [0.2, 0.25) is 0 Å².